The highest BCUT2D eigenvalue weighted by atomic mass is 16.4. The number of carboxylic acids is 1. The highest BCUT2D eigenvalue weighted by Gasteiger charge is 2.22. The number of carbonyl (C=O) groups is 3. The van der Waals surface area contributed by atoms with Crippen LogP contribution in [0.3, 0.4) is 0 Å². The van der Waals surface area contributed by atoms with E-state index in [4.69, 9.17) is 9.52 Å². The molecule has 0 bridgehead atoms. The zero-order valence-corrected chi connectivity index (χ0v) is 14.1. The number of carboxylic acid groups (broad SMARTS) is 1. The molecule has 1 N–H and O–H groups in total. The van der Waals surface area contributed by atoms with Crippen molar-refractivity contribution in [1.29, 1.82) is 0 Å². The van der Waals surface area contributed by atoms with Gasteiger partial charge in [0.2, 0.25) is 0 Å². The summed E-state index contributed by atoms with van der Waals surface area (Å²) in [6.45, 7) is 0.315. The van der Waals surface area contributed by atoms with Crippen molar-refractivity contribution in [3.05, 3.63) is 54.0 Å². The molecule has 0 unspecified atom stereocenters. The van der Waals surface area contributed by atoms with Crippen LogP contribution in [0.2, 0.25) is 0 Å². The molecule has 7 heteroatoms. The molecule has 2 aromatic rings. The molecule has 0 radical (unpaired) electrons. The van der Waals surface area contributed by atoms with E-state index in [1.165, 1.54) is 16.1 Å². The van der Waals surface area contributed by atoms with Crippen molar-refractivity contribution in [2.45, 2.75) is 12.8 Å². The molecule has 7 nitrogen and oxygen atoms in total. The quantitative estimate of drug-likeness (QED) is 0.833. The molecule has 0 saturated carbocycles. The monoisotopic (exact) mass is 344 g/mol. The van der Waals surface area contributed by atoms with Crippen LogP contribution >= 0.6 is 0 Å². The molecule has 0 aliphatic heterocycles. The number of furan rings is 1. The minimum absolute atomic E-state index is 0.00382. The molecule has 0 spiro atoms. The first-order chi connectivity index (χ1) is 11.9. The number of carbonyl (C=O) groups excluding carboxylic acids is 2. The number of anilines is 1. The van der Waals surface area contributed by atoms with Gasteiger partial charge in [-0.15, -0.1) is 0 Å². The summed E-state index contributed by atoms with van der Waals surface area (Å²) in [4.78, 5) is 38.5. The summed E-state index contributed by atoms with van der Waals surface area (Å²) in [6.07, 6.45) is 1.77. The topological polar surface area (TPSA) is 91.1 Å². The highest BCUT2D eigenvalue weighted by molar-refractivity contribution is 6.09. The molecule has 0 atom stereocenters. The third kappa shape index (κ3) is 4.47. The van der Waals surface area contributed by atoms with E-state index in [2.05, 4.69) is 0 Å². The predicted octanol–water partition coefficient (Wildman–Crippen LogP) is 2.49. The number of amides is 2. The summed E-state index contributed by atoms with van der Waals surface area (Å²) in [6, 6.07) is 9.95. The van der Waals surface area contributed by atoms with Crippen molar-refractivity contribution in [3.63, 3.8) is 0 Å². The van der Waals surface area contributed by atoms with Crippen molar-refractivity contribution in [2.75, 3.05) is 25.5 Å². The molecule has 0 saturated heterocycles. The maximum atomic E-state index is 12.7. The van der Waals surface area contributed by atoms with Gasteiger partial charge in [0.15, 0.2) is 5.76 Å². The lowest BCUT2D eigenvalue weighted by atomic mass is 10.1. The number of hydrogen-bond acceptors (Lipinski definition) is 4. The Bertz CT molecular complexity index is 755. The number of rotatable bonds is 7. The summed E-state index contributed by atoms with van der Waals surface area (Å²) < 4.78 is 5.12. The van der Waals surface area contributed by atoms with Gasteiger partial charge >= 0.3 is 5.97 Å². The van der Waals surface area contributed by atoms with E-state index in [-0.39, 0.29) is 24.0 Å². The van der Waals surface area contributed by atoms with Crippen molar-refractivity contribution < 1.29 is 23.9 Å². The Morgan fingerprint density at radius 2 is 1.76 bits per heavy atom. The molecule has 0 fully saturated rings. The Morgan fingerprint density at radius 1 is 1.04 bits per heavy atom. The lowest BCUT2D eigenvalue weighted by Crippen LogP contribution is -2.32. The second-order valence-electron chi connectivity index (χ2n) is 5.58. The Labute approximate surface area is 145 Å². The van der Waals surface area contributed by atoms with Crippen LogP contribution in [0.1, 0.15) is 33.8 Å². The molecule has 1 aromatic heterocycles. The fraction of sp³-hybridized carbons (Fsp3) is 0.278. The number of nitrogens with zero attached hydrogens (tertiary/aromatic N) is 2. The van der Waals surface area contributed by atoms with Gasteiger partial charge in [-0.1, -0.05) is 12.1 Å². The summed E-state index contributed by atoms with van der Waals surface area (Å²) in [7, 11) is 3.18. The van der Waals surface area contributed by atoms with Crippen LogP contribution in [0, 0.1) is 0 Å². The van der Waals surface area contributed by atoms with Gasteiger partial charge in [0, 0.05) is 27.1 Å². The van der Waals surface area contributed by atoms with Crippen LogP contribution in [0.4, 0.5) is 5.69 Å². The number of hydrogen-bond donors (Lipinski definition) is 1. The average molecular weight is 344 g/mol. The van der Waals surface area contributed by atoms with Crippen LogP contribution in [0.25, 0.3) is 0 Å². The van der Waals surface area contributed by atoms with Gasteiger partial charge in [0.1, 0.15) is 0 Å². The first kappa shape index (κ1) is 18.3. The highest BCUT2D eigenvalue weighted by Crippen LogP contribution is 2.22. The van der Waals surface area contributed by atoms with Crippen LogP contribution in [0.5, 0.6) is 0 Å². The van der Waals surface area contributed by atoms with Crippen molar-refractivity contribution >= 4 is 23.5 Å². The van der Waals surface area contributed by atoms with Crippen molar-refractivity contribution in [1.82, 2.24) is 4.90 Å². The fourth-order valence-corrected chi connectivity index (χ4v) is 2.40. The zero-order valence-electron chi connectivity index (χ0n) is 14.1. The smallest absolute Gasteiger partial charge is 0.303 e. The van der Waals surface area contributed by atoms with Crippen molar-refractivity contribution in [3.8, 4) is 0 Å². The van der Waals surface area contributed by atoms with Crippen LogP contribution in [-0.2, 0) is 4.79 Å². The number of benzene rings is 1. The molecule has 0 aliphatic rings. The molecule has 0 aliphatic carbocycles. The number of aliphatic carboxylic acids is 1. The lowest BCUT2D eigenvalue weighted by molar-refractivity contribution is -0.137. The van der Waals surface area contributed by atoms with Gasteiger partial charge in [-0.2, -0.15) is 0 Å². The lowest BCUT2D eigenvalue weighted by Gasteiger charge is -2.22. The Morgan fingerprint density at radius 3 is 2.40 bits per heavy atom. The van der Waals surface area contributed by atoms with Gasteiger partial charge in [-0.25, -0.2) is 0 Å². The molecule has 1 heterocycles. The molecule has 2 amide bonds. The molecular formula is C18H20N2O5. The Hall–Kier alpha value is -3.09. The minimum atomic E-state index is -0.898. The van der Waals surface area contributed by atoms with Gasteiger partial charge in [0.05, 0.1) is 17.5 Å². The third-order valence-corrected chi connectivity index (χ3v) is 3.76. The van der Waals surface area contributed by atoms with Crippen LogP contribution in [0.15, 0.2) is 47.1 Å². The summed E-state index contributed by atoms with van der Waals surface area (Å²) in [5, 5.41) is 8.69. The second kappa shape index (κ2) is 8.14. The van der Waals surface area contributed by atoms with Crippen LogP contribution < -0.4 is 4.90 Å². The van der Waals surface area contributed by atoms with Gasteiger partial charge < -0.3 is 19.3 Å². The third-order valence-electron chi connectivity index (χ3n) is 3.76. The first-order valence-corrected chi connectivity index (χ1v) is 7.79. The molecule has 1 aromatic carbocycles. The SMILES string of the molecule is CN(CCCC(=O)O)C(=O)c1ccccc1N(C)C(=O)c1ccco1. The van der Waals surface area contributed by atoms with E-state index in [1.54, 1.807) is 50.5 Å². The second-order valence-corrected chi connectivity index (χ2v) is 5.58. The normalized spacial score (nSPS) is 10.3. The van der Waals surface area contributed by atoms with E-state index >= 15 is 0 Å². The predicted molar refractivity (Wildman–Crippen MR) is 91.7 cm³/mol. The average Bonchev–Trinajstić information content (AvgIpc) is 3.14. The molecular weight excluding hydrogens is 324 g/mol. The van der Waals surface area contributed by atoms with E-state index < -0.39 is 5.97 Å². The fourth-order valence-electron chi connectivity index (χ4n) is 2.40. The zero-order chi connectivity index (χ0) is 18.4. The maximum Gasteiger partial charge on any atom is 0.303 e. The van der Waals surface area contributed by atoms with Gasteiger partial charge in [-0.3, -0.25) is 14.4 Å². The van der Waals surface area contributed by atoms with E-state index in [1.807, 2.05) is 0 Å². The van der Waals surface area contributed by atoms with E-state index in [9.17, 15) is 14.4 Å². The van der Waals surface area contributed by atoms with E-state index in [0.29, 0.717) is 24.2 Å². The van der Waals surface area contributed by atoms with Crippen molar-refractivity contribution in [2.24, 2.45) is 0 Å². The molecule has 2 rings (SSSR count). The van der Waals surface area contributed by atoms with Gasteiger partial charge in [-0.05, 0) is 30.7 Å². The Balaban J connectivity index is 2.18. The van der Waals surface area contributed by atoms with Gasteiger partial charge in [0.25, 0.3) is 11.8 Å². The summed E-state index contributed by atoms with van der Waals surface area (Å²) in [5.74, 6) is -1.36. The summed E-state index contributed by atoms with van der Waals surface area (Å²) in [5.41, 5.74) is 0.821. The molecule has 25 heavy (non-hydrogen) atoms. The van der Waals surface area contributed by atoms with Crippen LogP contribution in [-0.4, -0.2) is 48.4 Å². The standard InChI is InChI=1S/C18H20N2O5/c1-19(11-5-10-16(21)22)17(23)13-7-3-4-8-14(13)20(2)18(24)15-9-6-12-25-15/h3-4,6-9,12H,5,10-11H2,1-2H3,(H,21,22). The first-order valence-electron chi connectivity index (χ1n) is 7.79. The minimum Gasteiger partial charge on any atom is -0.481 e. The Kier molecular flexibility index (Phi) is 5.94. The van der Waals surface area contributed by atoms with E-state index in [0.717, 1.165) is 0 Å². The number of para-hydroxylation sites is 1. The molecule has 132 valence electrons. The largest absolute Gasteiger partial charge is 0.481 e. The summed E-state index contributed by atoms with van der Waals surface area (Å²) >= 11 is 0. The maximum absolute atomic E-state index is 12.7.